The van der Waals surface area contributed by atoms with Gasteiger partial charge in [-0.2, -0.15) is 0 Å². The van der Waals surface area contributed by atoms with Crippen molar-refractivity contribution in [3.8, 4) is 11.6 Å². The summed E-state index contributed by atoms with van der Waals surface area (Å²) in [4.78, 5) is 41.6. The maximum absolute atomic E-state index is 13.0. The molecule has 0 saturated heterocycles. The summed E-state index contributed by atoms with van der Waals surface area (Å²) in [5.74, 6) is -0.550. The molecule has 0 aliphatic rings. The lowest BCUT2D eigenvalue weighted by Crippen LogP contribution is -2.44. The quantitative estimate of drug-likeness (QED) is 0.305. The number of nitrogens with zero attached hydrogens (tertiary/aromatic N) is 4. The Balaban J connectivity index is 1.62. The van der Waals surface area contributed by atoms with Crippen LogP contribution in [0.5, 0.6) is 0 Å². The summed E-state index contributed by atoms with van der Waals surface area (Å²) < 4.78 is 7.78. The van der Waals surface area contributed by atoms with Crippen molar-refractivity contribution in [2.45, 2.75) is 25.2 Å². The maximum Gasteiger partial charge on any atom is 0.332 e. The molecule has 3 aromatic heterocycles. The van der Waals surface area contributed by atoms with E-state index < -0.39 is 17.0 Å². The Labute approximate surface area is 186 Å². The molecular formula is C21H20N6O4S. The van der Waals surface area contributed by atoms with E-state index in [1.165, 1.54) is 4.57 Å². The van der Waals surface area contributed by atoms with Crippen molar-refractivity contribution in [2.75, 3.05) is 11.5 Å². The summed E-state index contributed by atoms with van der Waals surface area (Å²) in [6.07, 6.45) is 1.72. The van der Waals surface area contributed by atoms with Gasteiger partial charge in [0.2, 0.25) is 0 Å². The standard InChI is InChI=1S/C21H20N6O4S/c1-2-26-19(29)16(17(22)27(21(26)30)11-13-7-4-3-5-8-13)15(28)12-32-20-25-24-18(31-20)14-9-6-10-23-14/h3-10,23H,2,11-12,22H2,1H3. The summed E-state index contributed by atoms with van der Waals surface area (Å²) in [5.41, 5.74) is 6.14. The number of carbonyl (C=O) groups is 1. The number of ketones is 1. The first-order valence-corrected chi connectivity index (χ1v) is 10.8. The van der Waals surface area contributed by atoms with Gasteiger partial charge in [0, 0.05) is 12.7 Å². The summed E-state index contributed by atoms with van der Waals surface area (Å²) in [7, 11) is 0. The Bertz CT molecular complexity index is 1360. The van der Waals surface area contributed by atoms with E-state index in [-0.39, 0.29) is 41.3 Å². The van der Waals surface area contributed by atoms with Crippen molar-refractivity contribution in [1.29, 1.82) is 0 Å². The fraction of sp³-hybridized carbons (Fsp3) is 0.190. The van der Waals surface area contributed by atoms with E-state index in [2.05, 4.69) is 15.2 Å². The van der Waals surface area contributed by atoms with Gasteiger partial charge in [-0.15, -0.1) is 10.2 Å². The minimum atomic E-state index is -0.706. The molecule has 0 radical (unpaired) electrons. The molecule has 0 bridgehead atoms. The summed E-state index contributed by atoms with van der Waals surface area (Å²) >= 11 is 0.992. The van der Waals surface area contributed by atoms with Crippen molar-refractivity contribution in [3.05, 3.63) is 80.6 Å². The lowest BCUT2D eigenvalue weighted by atomic mass is 10.2. The van der Waals surface area contributed by atoms with Crippen LogP contribution in [0.3, 0.4) is 0 Å². The third kappa shape index (κ3) is 4.14. The molecule has 1 aromatic carbocycles. The smallest absolute Gasteiger partial charge is 0.332 e. The second kappa shape index (κ2) is 9.10. The topological polar surface area (TPSA) is 142 Å². The van der Waals surface area contributed by atoms with Crippen LogP contribution in [-0.4, -0.2) is 35.9 Å². The van der Waals surface area contributed by atoms with E-state index in [1.54, 1.807) is 25.3 Å². The summed E-state index contributed by atoms with van der Waals surface area (Å²) in [6.45, 7) is 1.92. The number of hydrogen-bond acceptors (Lipinski definition) is 8. The van der Waals surface area contributed by atoms with Crippen LogP contribution >= 0.6 is 11.8 Å². The van der Waals surface area contributed by atoms with Gasteiger partial charge in [-0.3, -0.25) is 18.7 Å². The predicted octanol–water partition coefficient (Wildman–Crippen LogP) is 2.01. The number of Topliss-reactive ketones (excluding diaryl/α,β-unsaturated/α-hetero) is 1. The van der Waals surface area contributed by atoms with Crippen molar-refractivity contribution in [3.63, 3.8) is 0 Å². The number of nitrogens with two attached hydrogens (primary N) is 1. The van der Waals surface area contributed by atoms with Gasteiger partial charge in [0.15, 0.2) is 5.78 Å². The van der Waals surface area contributed by atoms with Gasteiger partial charge in [0.1, 0.15) is 17.1 Å². The van der Waals surface area contributed by atoms with Gasteiger partial charge in [0.05, 0.1) is 12.3 Å². The number of benzene rings is 1. The van der Waals surface area contributed by atoms with Crippen LogP contribution in [0.25, 0.3) is 11.6 Å². The van der Waals surface area contributed by atoms with E-state index in [9.17, 15) is 14.4 Å². The third-order valence-electron chi connectivity index (χ3n) is 4.81. The number of anilines is 1. The number of rotatable bonds is 8. The van der Waals surface area contributed by atoms with Crippen LogP contribution in [0, 0.1) is 0 Å². The van der Waals surface area contributed by atoms with E-state index in [0.29, 0.717) is 5.69 Å². The number of carbonyl (C=O) groups excluding carboxylic acids is 1. The second-order valence-corrected chi connectivity index (χ2v) is 7.76. The number of H-pyrrole nitrogens is 1. The number of aromatic nitrogens is 5. The van der Waals surface area contributed by atoms with Gasteiger partial charge in [-0.25, -0.2) is 4.79 Å². The first-order chi connectivity index (χ1) is 15.5. The average molecular weight is 452 g/mol. The van der Waals surface area contributed by atoms with Crippen LogP contribution < -0.4 is 17.0 Å². The highest BCUT2D eigenvalue weighted by Gasteiger charge is 2.23. The van der Waals surface area contributed by atoms with Crippen LogP contribution in [0.2, 0.25) is 0 Å². The molecule has 10 nitrogen and oxygen atoms in total. The highest BCUT2D eigenvalue weighted by Crippen LogP contribution is 2.23. The minimum absolute atomic E-state index is 0.114. The molecule has 0 unspecified atom stereocenters. The first-order valence-electron chi connectivity index (χ1n) is 9.80. The molecule has 3 heterocycles. The summed E-state index contributed by atoms with van der Waals surface area (Å²) in [5, 5.41) is 8.01. The van der Waals surface area contributed by atoms with Gasteiger partial charge in [-0.1, -0.05) is 42.1 Å². The Hall–Kier alpha value is -3.86. The Kier molecular flexibility index (Phi) is 6.08. The van der Waals surface area contributed by atoms with Gasteiger partial charge in [0.25, 0.3) is 16.7 Å². The van der Waals surface area contributed by atoms with Crippen molar-refractivity contribution < 1.29 is 9.21 Å². The Morgan fingerprint density at radius 3 is 2.59 bits per heavy atom. The largest absolute Gasteiger partial charge is 0.410 e. The number of hydrogen-bond donors (Lipinski definition) is 2. The number of nitrogens with one attached hydrogen (secondary N) is 1. The third-order valence-corrected chi connectivity index (χ3v) is 5.63. The van der Waals surface area contributed by atoms with Crippen molar-refractivity contribution in [2.24, 2.45) is 0 Å². The van der Waals surface area contributed by atoms with Crippen LogP contribution in [-0.2, 0) is 13.1 Å². The molecule has 4 rings (SSSR count). The van der Waals surface area contributed by atoms with E-state index in [4.69, 9.17) is 10.2 Å². The molecule has 0 fully saturated rings. The highest BCUT2D eigenvalue weighted by molar-refractivity contribution is 7.99. The van der Waals surface area contributed by atoms with Crippen molar-refractivity contribution in [1.82, 2.24) is 24.3 Å². The van der Waals surface area contributed by atoms with E-state index >= 15 is 0 Å². The number of thioether (sulfide) groups is 1. The Morgan fingerprint density at radius 2 is 1.91 bits per heavy atom. The van der Waals surface area contributed by atoms with Gasteiger partial charge < -0.3 is 15.1 Å². The minimum Gasteiger partial charge on any atom is -0.410 e. The number of nitrogen functional groups attached to an aromatic ring is 1. The van der Waals surface area contributed by atoms with Crippen LogP contribution in [0.4, 0.5) is 5.82 Å². The zero-order valence-electron chi connectivity index (χ0n) is 17.1. The van der Waals surface area contributed by atoms with Crippen LogP contribution in [0.1, 0.15) is 22.8 Å². The van der Waals surface area contributed by atoms with Gasteiger partial charge >= 0.3 is 5.69 Å². The molecule has 11 heteroatoms. The Morgan fingerprint density at radius 1 is 1.12 bits per heavy atom. The molecular weight excluding hydrogens is 432 g/mol. The average Bonchev–Trinajstić information content (AvgIpc) is 3.48. The summed E-state index contributed by atoms with van der Waals surface area (Å²) in [6, 6.07) is 12.8. The molecule has 0 saturated carbocycles. The molecule has 32 heavy (non-hydrogen) atoms. The fourth-order valence-electron chi connectivity index (χ4n) is 3.21. The number of aromatic amines is 1. The SMILES string of the molecule is CCn1c(=O)c(C(=O)CSc2nnc(-c3ccc[nH]3)o2)c(N)n(Cc2ccccc2)c1=O. The molecule has 0 aliphatic heterocycles. The predicted molar refractivity (Wildman–Crippen MR) is 120 cm³/mol. The molecule has 4 aromatic rings. The zero-order valence-corrected chi connectivity index (χ0v) is 18.0. The maximum atomic E-state index is 13.0. The first kappa shape index (κ1) is 21.4. The van der Waals surface area contributed by atoms with E-state index in [0.717, 1.165) is 21.9 Å². The normalized spacial score (nSPS) is 11.0. The van der Waals surface area contributed by atoms with Crippen LogP contribution in [0.15, 0.2) is 67.9 Å². The van der Waals surface area contributed by atoms with Crippen molar-refractivity contribution >= 4 is 23.4 Å². The highest BCUT2D eigenvalue weighted by atomic mass is 32.2. The molecule has 0 amide bonds. The zero-order chi connectivity index (χ0) is 22.7. The van der Waals surface area contributed by atoms with Gasteiger partial charge in [-0.05, 0) is 24.6 Å². The van der Waals surface area contributed by atoms with E-state index in [1.807, 2.05) is 30.3 Å². The lowest BCUT2D eigenvalue weighted by Gasteiger charge is -2.15. The molecule has 3 N–H and O–H groups in total. The molecule has 164 valence electrons. The molecule has 0 spiro atoms. The molecule has 0 atom stereocenters. The lowest BCUT2D eigenvalue weighted by molar-refractivity contribution is 0.102. The second-order valence-electron chi connectivity index (χ2n) is 6.83. The fourth-order valence-corrected chi connectivity index (χ4v) is 3.85. The molecule has 0 aliphatic carbocycles. The monoisotopic (exact) mass is 452 g/mol.